The maximum absolute atomic E-state index is 14.0. The van der Waals surface area contributed by atoms with Gasteiger partial charge >= 0.3 is 0 Å². The van der Waals surface area contributed by atoms with Gasteiger partial charge in [0.05, 0.1) is 29.0 Å². The van der Waals surface area contributed by atoms with Crippen LogP contribution in [0.25, 0.3) is 10.2 Å². The molecule has 1 spiro atoms. The molecule has 3 aliphatic heterocycles. The van der Waals surface area contributed by atoms with Crippen LogP contribution in [-0.4, -0.2) is 62.5 Å². The number of nitrogens with one attached hydrogen (secondary N) is 2. The van der Waals surface area contributed by atoms with E-state index in [9.17, 15) is 23.2 Å². The SMILES string of the molecule is Cc1cc(Nc2ncnc3sc(C(=O)N4C[C@H]5C[C@@H]4CO5)cc23)c(=O)n2c1C(=O)NC21CCC(F)(F)CC1. The van der Waals surface area contributed by atoms with E-state index >= 15 is 0 Å². The van der Waals surface area contributed by atoms with Crippen molar-refractivity contribution in [1.82, 2.24) is 24.8 Å². The number of hydrogen-bond donors (Lipinski definition) is 2. The molecule has 6 heterocycles. The van der Waals surface area contributed by atoms with Crippen molar-refractivity contribution in [2.45, 2.75) is 62.8 Å². The third kappa shape index (κ3) is 3.48. The van der Waals surface area contributed by atoms with Gasteiger partial charge < -0.3 is 20.3 Å². The summed E-state index contributed by atoms with van der Waals surface area (Å²) in [5.74, 6) is -3.00. The van der Waals surface area contributed by atoms with Gasteiger partial charge in [0.15, 0.2) is 0 Å². The Hall–Kier alpha value is -3.45. The van der Waals surface area contributed by atoms with Crippen molar-refractivity contribution >= 4 is 44.9 Å². The maximum Gasteiger partial charge on any atom is 0.276 e. The second-order valence-corrected chi connectivity index (χ2v) is 11.6. The minimum Gasteiger partial charge on any atom is -0.374 e. The van der Waals surface area contributed by atoms with Crippen molar-refractivity contribution in [2.75, 3.05) is 18.5 Å². The molecule has 0 aromatic carbocycles. The number of aryl methyl sites for hydroxylation is 1. The Morgan fingerprint density at radius 2 is 2.00 bits per heavy atom. The summed E-state index contributed by atoms with van der Waals surface area (Å²) in [6.45, 7) is 2.82. The van der Waals surface area contributed by atoms with Gasteiger partial charge in [0.25, 0.3) is 17.4 Å². The van der Waals surface area contributed by atoms with Crippen LogP contribution in [0.15, 0.2) is 23.3 Å². The zero-order valence-electron chi connectivity index (χ0n) is 20.4. The number of likely N-dealkylation sites (tertiary alicyclic amines) is 1. The summed E-state index contributed by atoms with van der Waals surface area (Å²) in [7, 11) is 0. The number of hydrogen-bond acceptors (Lipinski definition) is 8. The molecule has 1 aliphatic carbocycles. The normalized spacial score (nSPS) is 24.7. The van der Waals surface area contributed by atoms with E-state index in [4.69, 9.17) is 4.74 Å². The quantitative estimate of drug-likeness (QED) is 0.522. The third-order valence-corrected chi connectivity index (χ3v) is 9.18. The van der Waals surface area contributed by atoms with Gasteiger partial charge in [-0.25, -0.2) is 18.7 Å². The first-order chi connectivity index (χ1) is 18.1. The van der Waals surface area contributed by atoms with Crippen molar-refractivity contribution in [3.05, 3.63) is 44.9 Å². The van der Waals surface area contributed by atoms with Gasteiger partial charge in [-0.05, 0) is 43.9 Å². The van der Waals surface area contributed by atoms with Crippen LogP contribution in [0.2, 0.25) is 0 Å². The number of carbonyl (C=O) groups is 2. The zero-order chi connectivity index (χ0) is 26.4. The summed E-state index contributed by atoms with van der Waals surface area (Å²) < 4.78 is 34.9. The van der Waals surface area contributed by atoms with Crippen LogP contribution in [0.4, 0.5) is 20.3 Å². The number of pyridine rings is 1. The lowest BCUT2D eigenvalue weighted by Crippen LogP contribution is -2.51. The summed E-state index contributed by atoms with van der Waals surface area (Å²) in [4.78, 5) is 51.3. The molecule has 3 fully saturated rings. The third-order valence-electron chi connectivity index (χ3n) is 8.14. The average Bonchev–Trinajstić information content (AvgIpc) is 3.66. The average molecular weight is 543 g/mol. The van der Waals surface area contributed by atoms with Crippen molar-refractivity contribution in [1.29, 1.82) is 0 Å². The topological polar surface area (TPSA) is 118 Å². The number of ether oxygens (including phenoxy) is 1. The number of halogens is 2. The van der Waals surface area contributed by atoms with Crippen LogP contribution in [0.5, 0.6) is 0 Å². The molecular weight excluding hydrogens is 518 g/mol. The first kappa shape index (κ1) is 23.7. The van der Waals surface area contributed by atoms with Crippen LogP contribution >= 0.6 is 11.3 Å². The largest absolute Gasteiger partial charge is 0.374 e. The van der Waals surface area contributed by atoms with Crippen LogP contribution < -0.4 is 16.2 Å². The number of rotatable bonds is 3. The molecule has 2 amide bonds. The Kier molecular flexibility index (Phi) is 5.00. The molecule has 0 unspecified atom stereocenters. The van der Waals surface area contributed by atoms with E-state index in [0.29, 0.717) is 39.6 Å². The number of thiophene rings is 1. The van der Waals surface area contributed by atoms with Crippen molar-refractivity contribution in [3.63, 3.8) is 0 Å². The first-order valence-corrected chi connectivity index (χ1v) is 13.4. The summed E-state index contributed by atoms with van der Waals surface area (Å²) in [6, 6.07) is 3.38. The van der Waals surface area contributed by atoms with Gasteiger partial charge in [-0.1, -0.05) is 0 Å². The van der Waals surface area contributed by atoms with Gasteiger partial charge in [-0.3, -0.25) is 19.0 Å². The fourth-order valence-corrected chi connectivity index (χ4v) is 7.16. The Morgan fingerprint density at radius 1 is 1.21 bits per heavy atom. The van der Waals surface area contributed by atoms with E-state index in [1.165, 1.54) is 22.2 Å². The minimum atomic E-state index is -2.82. The summed E-state index contributed by atoms with van der Waals surface area (Å²) in [6.07, 6.45) is 1.37. The van der Waals surface area contributed by atoms with Crippen molar-refractivity contribution < 1.29 is 23.1 Å². The van der Waals surface area contributed by atoms with E-state index < -0.39 is 35.9 Å². The van der Waals surface area contributed by atoms with E-state index in [-0.39, 0.29) is 42.3 Å². The molecule has 7 rings (SSSR count). The summed E-state index contributed by atoms with van der Waals surface area (Å²) >= 11 is 1.26. The van der Waals surface area contributed by atoms with Crippen LogP contribution in [-0.2, 0) is 10.4 Å². The molecule has 2 N–H and O–H groups in total. The van der Waals surface area contributed by atoms with E-state index in [0.717, 1.165) is 6.42 Å². The predicted molar refractivity (Wildman–Crippen MR) is 134 cm³/mol. The van der Waals surface area contributed by atoms with Gasteiger partial charge in [-0.2, -0.15) is 0 Å². The van der Waals surface area contributed by atoms with Gasteiger partial charge in [0.2, 0.25) is 5.92 Å². The highest BCUT2D eigenvalue weighted by Gasteiger charge is 2.51. The number of nitrogens with zero attached hydrogens (tertiary/aromatic N) is 4. The summed E-state index contributed by atoms with van der Waals surface area (Å²) in [5.41, 5.74) is -0.800. The molecule has 198 valence electrons. The standard InChI is InChI=1S/C25H24F2N6O4S/c1-12-6-16(22(35)33-18(12)20(34)31-25(33)4-2-24(26,27)3-5-25)30-19-15-8-17(38-21(15)29-11-28-19)23(36)32-9-14-7-13(32)10-37-14/h6,8,11,13-14H,2-5,7,9-10H2,1H3,(H,31,34)(H,28,29,30)/t13-,14-/m1/s1. The Balaban J connectivity index is 1.25. The second-order valence-electron chi connectivity index (χ2n) is 10.6. The second kappa shape index (κ2) is 8.03. The molecule has 2 bridgehead atoms. The highest BCUT2D eigenvalue weighted by atomic mass is 32.1. The lowest BCUT2D eigenvalue weighted by atomic mass is 9.86. The molecule has 3 aromatic heterocycles. The molecule has 38 heavy (non-hydrogen) atoms. The lowest BCUT2D eigenvalue weighted by Gasteiger charge is -2.38. The van der Waals surface area contributed by atoms with E-state index in [1.54, 1.807) is 19.1 Å². The zero-order valence-corrected chi connectivity index (χ0v) is 21.2. The minimum absolute atomic E-state index is 0.0430. The number of morpholine rings is 1. The molecule has 2 atom stereocenters. The Bertz CT molecular complexity index is 1580. The number of fused-ring (bicyclic) bond motifs is 5. The Labute approximate surface area is 219 Å². The first-order valence-electron chi connectivity index (χ1n) is 12.6. The molecule has 1 saturated carbocycles. The van der Waals surface area contributed by atoms with Crippen molar-refractivity contribution in [3.8, 4) is 0 Å². The number of alkyl halides is 2. The highest BCUT2D eigenvalue weighted by molar-refractivity contribution is 7.20. The molecular formula is C25H24F2N6O4S. The lowest BCUT2D eigenvalue weighted by molar-refractivity contribution is -0.0667. The van der Waals surface area contributed by atoms with E-state index in [1.807, 2.05) is 4.90 Å². The molecule has 4 aliphatic rings. The molecule has 3 aromatic rings. The van der Waals surface area contributed by atoms with Crippen molar-refractivity contribution in [2.24, 2.45) is 0 Å². The van der Waals surface area contributed by atoms with Gasteiger partial charge in [-0.15, -0.1) is 11.3 Å². The van der Waals surface area contributed by atoms with E-state index in [2.05, 4.69) is 20.6 Å². The van der Waals surface area contributed by atoms with Crippen LogP contribution in [0, 0.1) is 6.92 Å². The fourth-order valence-electron chi connectivity index (χ4n) is 6.21. The number of amides is 2. The predicted octanol–water partition coefficient (Wildman–Crippen LogP) is 3.12. The van der Waals surface area contributed by atoms with Crippen LogP contribution in [0.3, 0.4) is 0 Å². The molecule has 2 saturated heterocycles. The molecule has 0 radical (unpaired) electrons. The number of carbonyl (C=O) groups excluding carboxylic acids is 2. The maximum atomic E-state index is 14.0. The highest BCUT2D eigenvalue weighted by Crippen LogP contribution is 2.44. The fraction of sp³-hybridized carbons (Fsp3) is 0.480. The van der Waals surface area contributed by atoms with Gasteiger partial charge in [0.1, 0.15) is 34.0 Å². The Morgan fingerprint density at radius 3 is 2.71 bits per heavy atom. The summed E-state index contributed by atoms with van der Waals surface area (Å²) in [5, 5.41) is 6.48. The molecule has 13 heteroatoms. The molecule has 10 nitrogen and oxygen atoms in total. The monoisotopic (exact) mass is 542 g/mol. The van der Waals surface area contributed by atoms with Crippen LogP contribution in [0.1, 0.15) is 57.8 Å². The number of anilines is 2. The van der Waals surface area contributed by atoms with Gasteiger partial charge in [0, 0.05) is 19.4 Å². The smallest absolute Gasteiger partial charge is 0.276 e. The number of aromatic nitrogens is 3.